The minimum atomic E-state index is -0.783. The van der Waals surface area contributed by atoms with Gasteiger partial charge in [-0.1, -0.05) is 78.1 Å². The van der Waals surface area contributed by atoms with E-state index in [9.17, 15) is 19.7 Å². The van der Waals surface area contributed by atoms with Gasteiger partial charge in [0.2, 0.25) is 0 Å². The zero-order chi connectivity index (χ0) is 24.4. The molecule has 174 valence electrons. The molecule has 4 aromatic rings. The molecular formula is C26H19N3O5S. The summed E-state index contributed by atoms with van der Waals surface area (Å²) in [6.45, 7) is -0.514. The van der Waals surface area contributed by atoms with E-state index in [2.05, 4.69) is 5.43 Å². The number of amides is 1. The number of hydrogen-bond acceptors (Lipinski definition) is 7. The maximum Gasteiger partial charge on any atom is 0.349 e. The maximum atomic E-state index is 13.1. The van der Waals surface area contributed by atoms with E-state index < -0.39 is 29.4 Å². The lowest BCUT2D eigenvalue weighted by molar-refractivity contribution is -0.380. The van der Waals surface area contributed by atoms with Gasteiger partial charge in [-0.15, -0.1) is 0 Å². The monoisotopic (exact) mass is 485 g/mol. The molecule has 1 unspecified atom stereocenters. The fraction of sp³-hybridized carbons (Fsp3) is 0.0769. The van der Waals surface area contributed by atoms with Crippen molar-refractivity contribution in [2.75, 3.05) is 6.61 Å². The lowest BCUT2D eigenvalue weighted by Crippen LogP contribution is -2.42. The second-order valence-corrected chi connectivity index (χ2v) is 8.91. The smallest absolute Gasteiger partial charge is 0.349 e. The molecule has 0 bridgehead atoms. The Kier molecular flexibility index (Phi) is 5.99. The van der Waals surface area contributed by atoms with E-state index in [1.165, 1.54) is 17.1 Å². The summed E-state index contributed by atoms with van der Waals surface area (Å²) in [4.78, 5) is 35.8. The Balaban J connectivity index is 1.36. The van der Waals surface area contributed by atoms with Gasteiger partial charge in [-0.2, -0.15) is 0 Å². The van der Waals surface area contributed by atoms with Crippen molar-refractivity contribution in [1.82, 2.24) is 10.4 Å². The second-order valence-electron chi connectivity index (χ2n) is 7.84. The third-order valence-corrected chi connectivity index (χ3v) is 6.63. The molecule has 1 aliphatic rings. The van der Waals surface area contributed by atoms with Gasteiger partial charge in [0.25, 0.3) is 5.91 Å². The van der Waals surface area contributed by atoms with E-state index in [4.69, 9.17) is 4.74 Å². The molecule has 1 N–H and O–H groups in total. The minimum absolute atomic E-state index is 0.0634. The third-order valence-electron chi connectivity index (χ3n) is 5.61. The number of ether oxygens (including phenoxy) is 1. The number of fused-ring (bicyclic) bond motifs is 1. The predicted molar refractivity (Wildman–Crippen MR) is 132 cm³/mol. The molecule has 1 amide bonds. The topological polar surface area (TPSA) is 102 Å². The Labute approximate surface area is 204 Å². The molecule has 0 saturated heterocycles. The highest BCUT2D eigenvalue weighted by atomic mass is 32.1. The number of carbonyl (C=O) groups is 2. The van der Waals surface area contributed by atoms with Gasteiger partial charge < -0.3 is 4.74 Å². The Morgan fingerprint density at radius 3 is 2.46 bits per heavy atom. The molecule has 0 fully saturated rings. The quantitative estimate of drug-likeness (QED) is 0.232. The predicted octanol–water partition coefficient (Wildman–Crippen LogP) is 5.10. The van der Waals surface area contributed by atoms with E-state index >= 15 is 0 Å². The minimum Gasteiger partial charge on any atom is -0.451 e. The standard InChI is InChI=1S/C26H19N3O5S/c30-24(16-34-26(31)23-12-13-25(35-23)29(32)33)28-22(18-7-2-1-3-8-18)15-21(27-28)20-11-10-17-6-4-5-9-19(17)14-20/h1-15,22,27H,16H2. The van der Waals surface area contributed by atoms with Crippen LogP contribution in [0.3, 0.4) is 0 Å². The first-order valence-electron chi connectivity index (χ1n) is 10.8. The molecule has 0 aliphatic carbocycles. The van der Waals surface area contributed by atoms with Crippen molar-refractivity contribution in [2.24, 2.45) is 0 Å². The summed E-state index contributed by atoms with van der Waals surface area (Å²) in [6, 6.07) is 25.7. The molecule has 3 aromatic carbocycles. The number of hydrogen-bond donors (Lipinski definition) is 1. The second kappa shape index (κ2) is 9.40. The number of nitro groups is 1. The summed E-state index contributed by atoms with van der Waals surface area (Å²) < 4.78 is 5.17. The highest BCUT2D eigenvalue weighted by Gasteiger charge is 2.31. The van der Waals surface area contributed by atoms with Crippen LogP contribution in [0.15, 0.2) is 91.0 Å². The van der Waals surface area contributed by atoms with Gasteiger partial charge in [-0.05, 0) is 40.1 Å². The fourth-order valence-corrected chi connectivity index (χ4v) is 4.62. The Hall–Kier alpha value is -4.50. The number of esters is 1. The summed E-state index contributed by atoms with van der Waals surface area (Å²) >= 11 is 0.705. The third kappa shape index (κ3) is 4.62. The van der Waals surface area contributed by atoms with Crippen LogP contribution in [-0.4, -0.2) is 28.4 Å². The highest BCUT2D eigenvalue weighted by molar-refractivity contribution is 7.17. The molecule has 1 aromatic heterocycles. The fourth-order valence-electron chi connectivity index (χ4n) is 3.90. The largest absolute Gasteiger partial charge is 0.451 e. The van der Waals surface area contributed by atoms with Crippen LogP contribution in [0.5, 0.6) is 0 Å². The lowest BCUT2D eigenvalue weighted by atomic mass is 10.0. The Morgan fingerprint density at radius 1 is 0.971 bits per heavy atom. The van der Waals surface area contributed by atoms with Crippen LogP contribution in [0.25, 0.3) is 16.5 Å². The molecule has 9 heteroatoms. The van der Waals surface area contributed by atoms with E-state index in [0.717, 1.165) is 27.6 Å². The van der Waals surface area contributed by atoms with Gasteiger partial charge in [-0.3, -0.25) is 20.3 Å². The first kappa shape index (κ1) is 22.3. The average molecular weight is 486 g/mol. The van der Waals surface area contributed by atoms with Crippen molar-refractivity contribution in [3.05, 3.63) is 117 Å². The van der Waals surface area contributed by atoms with Crippen molar-refractivity contribution >= 4 is 44.7 Å². The first-order chi connectivity index (χ1) is 17.0. The first-order valence-corrected chi connectivity index (χ1v) is 11.6. The van der Waals surface area contributed by atoms with Crippen molar-refractivity contribution in [3.8, 4) is 0 Å². The summed E-state index contributed by atoms with van der Waals surface area (Å²) in [5, 5.41) is 14.3. The number of carbonyl (C=O) groups excluding carboxylic acids is 2. The van der Waals surface area contributed by atoms with Crippen LogP contribution < -0.4 is 5.43 Å². The van der Waals surface area contributed by atoms with E-state index in [1.54, 1.807) is 0 Å². The highest BCUT2D eigenvalue weighted by Crippen LogP contribution is 2.32. The number of rotatable bonds is 6. The van der Waals surface area contributed by atoms with Crippen molar-refractivity contribution < 1.29 is 19.2 Å². The summed E-state index contributed by atoms with van der Waals surface area (Å²) in [7, 11) is 0. The van der Waals surface area contributed by atoms with Gasteiger partial charge >= 0.3 is 11.0 Å². The molecule has 1 aliphatic heterocycles. The number of nitrogens with zero attached hydrogens (tertiary/aromatic N) is 2. The van der Waals surface area contributed by atoms with Crippen LogP contribution in [-0.2, 0) is 9.53 Å². The molecule has 5 rings (SSSR count). The van der Waals surface area contributed by atoms with Gasteiger partial charge in [0.05, 0.1) is 16.7 Å². The van der Waals surface area contributed by atoms with Gasteiger partial charge in [-0.25, -0.2) is 9.80 Å². The molecule has 0 radical (unpaired) electrons. The normalized spacial score (nSPS) is 14.9. The van der Waals surface area contributed by atoms with Crippen molar-refractivity contribution in [3.63, 3.8) is 0 Å². The van der Waals surface area contributed by atoms with Crippen LogP contribution in [0.2, 0.25) is 0 Å². The summed E-state index contributed by atoms with van der Waals surface area (Å²) in [5.74, 6) is -1.24. The van der Waals surface area contributed by atoms with Gasteiger partial charge in [0, 0.05) is 6.07 Å². The van der Waals surface area contributed by atoms with Gasteiger partial charge in [0.15, 0.2) is 6.61 Å². The van der Waals surface area contributed by atoms with E-state index in [0.29, 0.717) is 11.3 Å². The molecule has 0 saturated carbocycles. The molecule has 35 heavy (non-hydrogen) atoms. The van der Waals surface area contributed by atoms with Crippen LogP contribution in [0.1, 0.15) is 26.8 Å². The summed E-state index contributed by atoms with van der Waals surface area (Å²) in [6.07, 6.45) is 1.96. The van der Waals surface area contributed by atoms with Crippen molar-refractivity contribution in [2.45, 2.75) is 6.04 Å². The number of nitrogens with one attached hydrogen (secondary N) is 1. The SMILES string of the molecule is O=C(OCC(=O)N1NC(c2ccc3ccccc3c2)=CC1c1ccccc1)c1ccc([N+](=O)[O-])s1. The number of benzene rings is 3. The maximum absolute atomic E-state index is 13.1. The molecule has 2 heterocycles. The Bertz CT molecular complexity index is 1460. The number of thiophene rings is 1. The zero-order valence-electron chi connectivity index (χ0n) is 18.3. The van der Waals surface area contributed by atoms with Crippen LogP contribution >= 0.6 is 11.3 Å². The van der Waals surface area contributed by atoms with E-state index in [1.807, 2.05) is 78.9 Å². The summed E-state index contributed by atoms with van der Waals surface area (Å²) in [5.41, 5.74) is 5.74. The van der Waals surface area contributed by atoms with Crippen molar-refractivity contribution in [1.29, 1.82) is 0 Å². The molecular weight excluding hydrogens is 466 g/mol. The van der Waals surface area contributed by atoms with E-state index in [-0.39, 0.29) is 9.88 Å². The van der Waals surface area contributed by atoms with Crippen LogP contribution in [0.4, 0.5) is 5.00 Å². The van der Waals surface area contributed by atoms with Gasteiger partial charge in [0.1, 0.15) is 4.88 Å². The lowest BCUT2D eigenvalue weighted by Gasteiger charge is -2.25. The zero-order valence-corrected chi connectivity index (χ0v) is 19.1. The average Bonchev–Trinajstić information content (AvgIpc) is 3.56. The number of hydrazine groups is 1. The molecule has 1 atom stereocenters. The Morgan fingerprint density at radius 2 is 1.71 bits per heavy atom. The molecule has 0 spiro atoms. The van der Waals surface area contributed by atoms with Crippen LogP contribution in [0, 0.1) is 10.1 Å². The molecule has 8 nitrogen and oxygen atoms in total.